The largest absolute Gasteiger partial charge is 0.339 e. The maximum atomic E-state index is 12.6. The molecule has 0 saturated carbocycles. The highest BCUT2D eigenvalue weighted by atomic mass is 16.2. The van der Waals surface area contributed by atoms with Gasteiger partial charge >= 0.3 is 6.03 Å². The van der Waals surface area contributed by atoms with Crippen LogP contribution in [0.3, 0.4) is 0 Å². The van der Waals surface area contributed by atoms with Crippen molar-refractivity contribution < 1.29 is 4.79 Å². The van der Waals surface area contributed by atoms with Gasteiger partial charge < -0.3 is 15.1 Å². The van der Waals surface area contributed by atoms with E-state index < -0.39 is 0 Å². The van der Waals surface area contributed by atoms with Crippen LogP contribution in [0.4, 0.5) is 10.7 Å². The minimum Gasteiger partial charge on any atom is -0.339 e. The fraction of sp³-hybridized carbons (Fsp3) is 0.706. The Hall–Kier alpha value is -1.85. The lowest BCUT2D eigenvalue weighted by atomic mass is 10.0. The number of hydrogen-bond acceptors (Lipinski definition) is 4. The fourth-order valence-corrected chi connectivity index (χ4v) is 3.73. The summed E-state index contributed by atoms with van der Waals surface area (Å²) in [5.74, 6) is 1.27. The van der Waals surface area contributed by atoms with Crippen molar-refractivity contribution in [2.45, 2.75) is 51.6 Å². The summed E-state index contributed by atoms with van der Waals surface area (Å²) in [6, 6.07) is 2.48. The molecule has 23 heavy (non-hydrogen) atoms. The van der Waals surface area contributed by atoms with E-state index in [1.54, 1.807) is 12.4 Å². The van der Waals surface area contributed by atoms with Gasteiger partial charge in [-0.15, -0.1) is 0 Å². The minimum absolute atomic E-state index is 0.0991. The van der Waals surface area contributed by atoms with Crippen molar-refractivity contribution in [3.63, 3.8) is 0 Å². The quantitative estimate of drug-likeness (QED) is 0.929. The van der Waals surface area contributed by atoms with Gasteiger partial charge in [-0.1, -0.05) is 13.8 Å². The molecule has 3 heterocycles. The molecule has 1 aromatic rings. The molecule has 6 nitrogen and oxygen atoms in total. The molecule has 1 N–H and O–H groups in total. The van der Waals surface area contributed by atoms with E-state index in [0.29, 0.717) is 12.0 Å². The van der Waals surface area contributed by atoms with Gasteiger partial charge in [0.1, 0.15) is 0 Å². The molecule has 0 spiro atoms. The number of anilines is 1. The van der Waals surface area contributed by atoms with E-state index in [4.69, 9.17) is 0 Å². The van der Waals surface area contributed by atoms with E-state index >= 15 is 0 Å². The maximum Gasteiger partial charge on any atom is 0.317 e. The first kappa shape index (κ1) is 16.0. The molecule has 2 fully saturated rings. The Morgan fingerprint density at radius 1 is 1.22 bits per heavy atom. The highest BCUT2D eigenvalue weighted by Gasteiger charge is 2.32. The van der Waals surface area contributed by atoms with Crippen molar-refractivity contribution in [1.82, 2.24) is 20.2 Å². The summed E-state index contributed by atoms with van der Waals surface area (Å²) in [6.45, 7) is 7.02. The second-order valence-electron chi connectivity index (χ2n) is 6.93. The summed E-state index contributed by atoms with van der Waals surface area (Å²) in [4.78, 5) is 25.5. The normalized spacial score (nSPS) is 25.0. The third-order valence-electron chi connectivity index (χ3n) is 4.91. The van der Waals surface area contributed by atoms with Crippen LogP contribution in [0.15, 0.2) is 18.5 Å². The summed E-state index contributed by atoms with van der Waals surface area (Å²) in [6.07, 6.45) is 7.85. The molecular weight excluding hydrogens is 290 g/mol. The van der Waals surface area contributed by atoms with Crippen LogP contribution in [0.2, 0.25) is 0 Å². The Labute approximate surface area is 138 Å². The molecule has 0 aromatic carbocycles. The molecule has 2 saturated heterocycles. The number of urea groups is 1. The lowest BCUT2D eigenvalue weighted by Gasteiger charge is -2.35. The van der Waals surface area contributed by atoms with Crippen molar-refractivity contribution in [3.8, 4) is 0 Å². The number of carbonyl (C=O) groups excluding carboxylic acids is 1. The van der Waals surface area contributed by atoms with Crippen LogP contribution >= 0.6 is 0 Å². The van der Waals surface area contributed by atoms with E-state index in [1.165, 1.54) is 0 Å². The van der Waals surface area contributed by atoms with Gasteiger partial charge in [0.25, 0.3) is 0 Å². The number of piperidine rings is 1. The van der Waals surface area contributed by atoms with Gasteiger partial charge in [0.15, 0.2) is 0 Å². The van der Waals surface area contributed by atoms with Crippen molar-refractivity contribution >= 4 is 12.0 Å². The summed E-state index contributed by atoms with van der Waals surface area (Å²) in [5, 5.41) is 3.24. The Morgan fingerprint density at radius 3 is 2.70 bits per heavy atom. The highest BCUT2D eigenvalue weighted by molar-refractivity contribution is 5.75. The van der Waals surface area contributed by atoms with Crippen LogP contribution in [0.5, 0.6) is 0 Å². The molecule has 6 heteroatoms. The number of likely N-dealkylation sites (tertiary alicyclic amines) is 1. The van der Waals surface area contributed by atoms with Gasteiger partial charge in [-0.05, 0) is 37.7 Å². The van der Waals surface area contributed by atoms with E-state index in [2.05, 4.69) is 34.0 Å². The van der Waals surface area contributed by atoms with Gasteiger partial charge in [0.2, 0.25) is 5.95 Å². The third kappa shape index (κ3) is 3.74. The number of nitrogens with zero attached hydrogens (tertiary/aromatic N) is 4. The topological polar surface area (TPSA) is 61.4 Å². The van der Waals surface area contributed by atoms with Crippen molar-refractivity contribution in [1.29, 1.82) is 0 Å². The van der Waals surface area contributed by atoms with Crippen molar-refractivity contribution in [2.75, 3.05) is 24.5 Å². The number of amides is 2. The molecule has 0 radical (unpaired) electrons. The lowest BCUT2D eigenvalue weighted by Crippen LogP contribution is -2.53. The first-order valence-corrected chi connectivity index (χ1v) is 8.74. The Balaban J connectivity index is 1.58. The van der Waals surface area contributed by atoms with Gasteiger partial charge in [0, 0.05) is 44.1 Å². The molecule has 0 aliphatic carbocycles. The van der Waals surface area contributed by atoms with Crippen LogP contribution in [-0.4, -0.2) is 52.6 Å². The van der Waals surface area contributed by atoms with Crippen LogP contribution in [0.1, 0.15) is 39.5 Å². The Bertz CT molecular complexity index is 521. The van der Waals surface area contributed by atoms with Crippen LogP contribution < -0.4 is 10.2 Å². The van der Waals surface area contributed by atoms with E-state index in [9.17, 15) is 4.79 Å². The van der Waals surface area contributed by atoms with Gasteiger partial charge in [-0.25, -0.2) is 14.8 Å². The van der Waals surface area contributed by atoms with E-state index in [1.807, 2.05) is 11.0 Å². The lowest BCUT2D eigenvalue weighted by molar-refractivity contribution is 0.173. The fourth-order valence-electron chi connectivity index (χ4n) is 3.73. The molecule has 1 aromatic heterocycles. The molecule has 2 unspecified atom stereocenters. The molecule has 2 aliphatic rings. The van der Waals surface area contributed by atoms with Gasteiger partial charge in [0.05, 0.1) is 0 Å². The molecule has 3 rings (SSSR count). The van der Waals surface area contributed by atoms with Gasteiger partial charge in [-0.2, -0.15) is 0 Å². The van der Waals surface area contributed by atoms with Crippen molar-refractivity contribution in [2.24, 2.45) is 5.92 Å². The van der Waals surface area contributed by atoms with Crippen LogP contribution in [-0.2, 0) is 0 Å². The minimum atomic E-state index is 0.0991. The predicted molar refractivity (Wildman–Crippen MR) is 90.4 cm³/mol. The summed E-state index contributed by atoms with van der Waals surface area (Å²) < 4.78 is 0. The molecular formula is C17H27N5O. The average Bonchev–Trinajstić information content (AvgIpc) is 3.06. The monoisotopic (exact) mass is 317 g/mol. The van der Waals surface area contributed by atoms with Crippen LogP contribution in [0, 0.1) is 5.92 Å². The SMILES string of the molecule is CC(C)C1CCCN1C(=O)NC1CCCN(c2ncccn2)C1. The number of aromatic nitrogens is 2. The smallest absolute Gasteiger partial charge is 0.317 e. The Kier molecular flexibility index (Phi) is 4.98. The number of nitrogens with one attached hydrogen (secondary N) is 1. The molecule has 2 amide bonds. The molecule has 2 aliphatic heterocycles. The second-order valence-corrected chi connectivity index (χ2v) is 6.93. The number of rotatable bonds is 3. The molecule has 126 valence electrons. The third-order valence-corrected chi connectivity index (χ3v) is 4.91. The van der Waals surface area contributed by atoms with E-state index in [0.717, 1.165) is 51.3 Å². The summed E-state index contributed by atoms with van der Waals surface area (Å²) in [5.41, 5.74) is 0. The number of carbonyl (C=O) groups is 1. The molecule has 0 bridgehead atoms. The highest BCUT2D eigenvalue weighted by Crippen LogP contribution is 2.24. The maximum absolute atomic E-state index is 12.6. The predicted octanol–water partition coefficient (Wildman–Crippen LogP) is 2.28. The van der Waals surface area contributed by atoms with Crippen molar-refractivity contribution in [3.05, 3.63) is 18.5 Å². The number of hydrogen-bond donors (Lipinski definition) is 1. The van der Waals surface area contributed by atoms with Gasteiger partial charge in [-0.3, -0.25) is 0 Å². The standard InChI is InChI=1S/C17H27N5O/c1-13(2)15-7-4-11-22(15)17(23)20-14-6-3-10-21(12-14)16-18-8-5-9-19-16/h5,8-9,13-15H,3-4,6-7,10-12H2,1-2H3,(H,20,23). The zero-order valence-electron chi connectivity index (χ0n) is 14.1. The summed E-state index contributed by atoms with van der Waals surface area (Å²) in [7, 11) is 0. The zero-order chi connectivity index (χ0) is 16.2. The average molecular weight is 317 g/mol. The second kappa shape index (κ2) is 7.15. The summed E-state index contributed by atoms with van der Waals surface area (Å²) >= 11 is 0. The first-order valence-electron chi connectivity index (χ1n) is 8.74. The Morgan fingerprint density at radius 2 is 1.96 bits per heavy atom. The van der Waals surface area contributed by atoms with Crippen LogP contribution in [0.25, 0.3) is 0 Å². The zero-order valence-corrected chi connectivity index (χ0v) is 14.1. The van der Waals surface area contributed by atoms with E-state index in [-0.39, 0.29) is 12.1 Å². The molecule has 2 atom stereocenters. The first-order chi connectivity index (χ1) is 11.1.